The van der Waals surface area contributed by atoms with Crippen molar-refractivity contribution >= 4 is 69.2 Å². The van der Waals surface area contributed by atoms with E-state index in [-0.39, 0.29) is 0 Å². The Morgan fingerprint density at radius 2 is 0.833 bits per heavy atom. The third-order valence-corrected chi connectivity index (χ3v) is 18.7. The molecule has 0 saturated heterocycles. The number of fused-ring (bicyclic) bond motifs is 8. The molecule has 0 N–H and O–H groups in total. The third kappa shape index (κ3) is 3.70. The molecule has 0 spiro atoms. The van der Waals surface area contributed by atoms with Crippen LogP contribution in [0.1, 0.15) is 0 Å². The van der Waals surface area contributed by atoms with Crippen molar-refractivity contribution in [2.45, 2.75) is 26.2 Å². The first-order valence-electron chi connectivity index (χ1n) is 17.2. The summed E-state index contributed by atoms with van der Waals surface area (Å²) in [6.07, 6.45) is 0. The quantitative estimate of drug-likeness (QED) is 0.164. The Bertz CT molecular complexity index is 2670. The first kappa shape index (κ1) is 28.0. The van der Waals surface area contributed by atoms with Gasteiger partial charge in [0, 0.05) is 0 Å². The number of rotatable bonds is 2. The Kier molecular flexibility index (Phi) is 5.70. The summed E-state index contributed by atoms with van der Waals surface area (Å²) in [5.41, 5.74) is 11.1. The highest BCUT2D eigenvalue weighted by atomic mass is 28.3. The van der Waals surface area contributed by atoms with Crippen LogP contribution in [0.2, 0.25) is 26.2 Å². The zero-order valence-corrected chi connectivity index (χ0v) is 29.9. The van der Waals surface area contributed by atoms with E-state index in [1.165, 1.54) is 76.8 Å². The molecule has 2 heterocycles. The van der Waals surface area contributed by atoms with E-state index in [0.29, 0.717) is 0 Å². The SMILES string of the molecule is C[Si]1(C)c2cc(-c3cccc4ccccc34)ccc2-c2c1cc1c3c(cccc23)[Si](C)(C)c2cc(-c3cccc4ccccc34)ccc2-1. The molecule has 2 heteroatoms. The van der Waals surface area contributed by atoms with E-state index < -0.39 is 16.1 Å². The second kappa shape index (κ2) is 9.76. The Morgan fingerprint density at radius 3 is 1.48 bits per heavy atom. The second-order valence-corrected chi connectivity index (χ2v) is 23.6. The summed E-state index contributed by atoms with van der Waals surface area (Å²) in [5.74, 6) is 0. The summed E-state index contributed by atoms with van der Waals surface area (Å²) in [4.78, 5) is 0. The molecular formula is C46H36Si2. The topological polar surface area (TPSA) is 0 Å². The van der Waals surface area contributed by atoms with E-state index in [1.54, 1.807) is 20.7 Å². The molecule has 8 aromatic rings. The van der Waals surface area contributed by atoms with Gasteiger partial charge in [0.1, 0.15) is 16.1 Å². The molecule has 0 atom stereocenters. The van der Waals surface area contributed by atoms with Gasteiger partial charge in [-0.3, -0.25) is 0 Å². The lowest BCUT2D eigenvalue weighted by Gasteiger charge is -2.35. The molecular weight excluding hydrogens is 609 g/mol. The van der Waals surface area contributed by atoms with Gasteiger partial charge in [0.05, 0.1) is 0 Å². The molecule has 0 bridgehead atoms. The fraction of sp³-hybridized carbons (Fsp3) is 0.0870. The van der Waals surface area contributed by atoms with Crippen molar-refractivity contribution in [3.63, 3.8) is 0 Å². The summed E-state index contributed by atoms with van der Waals surface area (Å²) in [6.45, 7) is 10.3. The van der Waals surface area contributed by atoms with Crippen LogP contribution in [0.3, 0.4) is 0 Å². The van der Waals surface area contributed by atoms with Gasteiger partial charge in [0.15, 0.2) is 0 Å². The lowest BCUT2D eigenvalue weighted by atomic mass is 9.89. The number of hydrogen-bond donors (Lipinski definition) is 0. The fourth-order valence-corrected chi connectivity index (χ4v) is 15.3. The van der Waals surface area contributed by atoms with Gasteiger partial charge < -0.3 is 0 Å². The van der Waals surface area contributed by atoms with Gasteiger partial charge in [-0.25, -0.2) is 0 Å². The Balaban J connectivity index is 1.20. The van der Waals surface area contributed by atoms with Crippen LogP contribution in [-0.4, -0.2) is 16.1 Å². The van der Waals surface area contributed by atoms with E-state index in [9.17, 15) is 0 Å². The largest absolute Gasteiger partial charge is 0.113 e. The summed E-state index contributed by atoms with van der Waals surface area (Å²) in [7, 11) is -4.03. The van der Waals surface area contributed by atoms with Crippen molar-refractivity contribution in [1.82, 2.24) is 0 Å². The zero-order chi connectivity index (χ0) is 32.4. The van der Waals surface area contributed by atoms with E-state index in [1.807, 2.05) is 0 Å². The molecule has 0 radical (unpaired) electrons. The predicted molar refractivity (Wildman–Crippen MR) is 214 cm³/mol. The lowest BCUT2D eigenvalue weighted by Crippen LogP contribution is -2.56. The van der Waals surface area contributed by atoms with Crippen LogP contribution >= 0.6 is 0 Å². The summed E-state index contributed by atoms with van der Waals surface area (Å²) >= 11 is 0. The minimum Gasteiger partial charge on any atom is -0.0619 e. The highest BCUT2D eigenvalue weighted by molar-refractivity contribution is 7.05. The van der Waals surface area contributed by atoms with Crippen LogP contribution < -0.4 is 20.7 Å². The Morgan fingerprint density at radius 1 is 0.333 bits per heavy atom. The van der Waals surface area contributed by atoms with Gasteiger partial charge in [-0.1, -0.05) is 172 Å². The average molecular weight is 645 g/mol. The molecule has 0 aromatic heterocycles. The first-order valence-corrected chi connectivity index (χ1v) is 23.2. The number of hydrogen-bond acceptors (Lipinski definition) is 0. The van der Waals surface area contributed by atoms with Crippen LogP contribution in [-0.2, 0) is 0 Å². The molecule has 0 fully saturated rings. The minimum atomic E-state index is -2.02. The maximum absolute atomic E-state index is 2.63. The summed E-state index contributed by atoms with van der Waals surface area (Å²) < 4.78 is 0. The smallest absolute Gasteiger partial charge is 0.0619 e. The average Bonchev–Trinajstić information content (AvgIpc) is 3.35. The highest BCUT2D eigenvalue weighted by Crippen LogP contribution is 2.43. The molecule has 2 aliphatic heterocycles. The maximum Gasteiger partial charge on any atom is 0.113 e. The van der Waals surface area contributed by atoms with E-state index in [2.05, 4.69) is 172 Å². The number of benzene rings is 8. The summed E-state index contributed by atoms with van der Waals surface area (Å²) in [5, 5.41) is 14.5. The van der Waals surface area contributed by atoms with Gasteiger partial charge in [-0.05, 0) is 97.6 Å². The van der Waals surface area contributed by atoms with E-state index in [4.69, 9.17) is 0 Å². The molecule has 0 unspecified atom stereocenters. The van der Waals surface area contributed by atoms with E-state index >= 15 is 0 Å². The van der Waals surface area contributed by atoms with Gasteiger partial charge in [-0.15, -0.1) is 0 Å². The van der Waals surface area contributed by atoms with Crippen molar-refractivity contribution in [3.05, 3.63) is 146 Å². The zero-order valence-electron chi connectivity index (χ0n) is 27.9. The maximum atomic E-state index is 2.63. The second-order valence-electron chi connectivity index (χ2n) is 14.9. The van der Waals surface area contributed by atoms with Crippen LogP contribution in [0.25, 0.3) is 76.8 Å². The van der Waals surface area contributed by atoms with Gasteiger partial charge in [-0.2, -0.15) is 0 Å². The lowest BCUT2D eigenvalue weighted by molar-refractivity contribution is 1.62. The van der Waals surface area contributed by atoms with Crippen molar-refractivity contribution in [2.75, 3.05) is 0 Å². The van der Waals surface area contributed by atoms with Crippen LogP contribution in [0.4, 0.5) is 0 Å². The van der Waals surface area contributed by atoms with E-state index in [0.717, 1.165) is 0 Å². The van der Waals surface area contributed by atoms with Crippen LogP contribution in [0.15, 0.2) is 146 Å². The van der Waals surface area contributed by atoms with Crippen LogP contribution in [0.5, 0.6) is 0 Å². The molecule has 10 rings (SSSR count). The summed E-state index contributed by atoms with van der Waals surface area (Å²) in [6, 6.07) is 55.6. The highest BCUT2D eigenvalue weighted by Gasteiger charge is 2.42. The molecule has 0 saturated carbocycles. The van der Waals surface area contributed by atoms with Gasteiger partial charge >= 0.3 is 0 Å². The molecule has 8 aromatic carbocycles. The van der Waals surface area contributed by atoms with Gasteiger partial charge in [0.25, 0.3) is 0 Å². The Labute approximate surface area is 284 Å². The standard InChI is InChI=1S/C46H36Si2/c1-47(2)41-21-11-20-39-45-38-25-23-32(36-19-10-15-30-13-6-8-17-34(30)36)27-43(38)48(3,4)44(45)28-40(46(39)41)37-24-22-31(26-42(37)47)35-18-9-14-29-12-5-7-16-33(29)35/h5-28H,1-4H3. The minimum absolute atomic E-state index is 1.30. The van der Waals surface area contributed by atoms with Crippen LogP contribution in [0, 0.1) is 0 Å². The van der Waals surface area contributed by atoms with Crippen molar-refractivity contribution < 1.29 is 0 Å². The Hall–Kier alpha value is -5.03. The molecule has 0 amide bonds. The first-order chi connectivity index (χ1) is 23.3. The molecule has 0 nitrogen and oxygen atoms in total. The third-order valence-electron chi connectivity index (χ3n) is 11.7. The monoisotopic (exact) mass is 644 g/mol. The van der Waals surface area contributed by atoms with Crippen molar-refractivity contribution in [3.8, 4) is 44.5 Å². The fourth-order valence-electron chi connectivity index (χ4n) is 9.16. The van der Waals surface area contributed by atoms with Gasteiger partial charge in [0.2, 0.25) is 0 Å². The van der Waals surface area contributed by atoms with Crippen molar-refractivity contribution in [1.29, 1.82) is 0 Å². The molecule has 2 aliphatic rings. The van der Waals surface area contributed by atoms with Crippen molar-refractivity contribution in [2.24, 2.45) is 0 Å². The molecule has 228 valence electrons. The molecule has 48 heavy (non-hydrogen) atoms. The normalized spacial score (nSPS) is 15.0. The molecule has 0 aliphatic carbocycles. The predicted octanol–water partition coefficient (Wildman–Crippen LogP) is 10.1.